The van der Waals surface area contributed by atoms with Crippen molar-refractivity contribution < 1.29 is 19.8 Å². The number of rotatable bonds is 4. The van der Waals surface area contributed by atoms with E-state index >= 15 is 0 Å². The van der Waals surface area contributed by atoms with E-state index in [1.807, 2.05) is 6.08 Å². The van der Waals surface area contributed by atoms with Crippen LogP contribution in [0, 0.1) is 11.8 Å². The summed E-state index contributed by atoms with van der Waals surface area (Å²) in [4.78, 5) is 21.7. The fraction of sp³-hybridized carbons (Fsp3) is 0.455. The Morgan fingerprint density at radius 2 is 2.00 bits per heavy atom. The van der Waals surface area contributed by atoms with Crippen LogP contribution in [-0.4, -0.2) is 22.2 Å². The first-order chi connectivity index (χ1) is 7.06. The maximum absolute atomic E-state index is 10.9. The van der Waals surface area contributed by atoms with Crippen LogP contribution in [0.25, 0.3) is 0 Å². The average Bonchev–Trinajstić information content (AvgIpc) is 2.17. The molecule has 0 aromatic rings. The zero-order valence-corrected chi connectivity index (χ0v) is 8.35. The molecule has 0 aromatic carbocycles. The lowest BCUT2D eigenvalue weighted by atomic mass is 9.79. The maximum atomic E-state index is 10.9. The van der Waals surface area contributed by atoms with Crippen LogP contribution in [0.2, 0.25) is 0 Å². The molecule has 2 unspecified atom stereocenters. The van der Waals surface area contributed by atoms with Gasteiger partial charge in [0.2, 0.25) is 0 Å². The third kappa shape index (κ3) is 2.68. The molecule has 0 bridgehead atoms. The van der Waals surface area contributed by atoms with E-state index in [-0.39, 0.29) is 0 Å². The second-order valence-electron chi connectivity index (χ2n) is 3.68. The van der Waals surface area contributed by atoms with Crippen molar-refractivity contribution in [3.8, 4) is 0 Å². The minimum atomic E-state index is -1.03. The van der Waals surface area contributed by atoms with Crippen LogP contribution in [-0.2, 0) is 9.59 Å². The fourth-order valence-electron chi connectivity index (χ4n) is 1.85. The van der Waals surface area contributed by atoms with E-state index in [2.05, 4.69) is 6.58 Å². The van der Waals surface area contributed by atoms with Gasteiger partial charge in [-0.25, -0.2) is 0 Å². The second kappa shape index (κ2) is 4.77. The Morgan fingerprint density at radius 1 is 1.40 bits per heavy atom. The maximum Gasteiger partial charge on any atom is 0.307 e. The molecule has 1 aliphatic carbocycles. The SMILES string of the molecule is C=CCC1=CCC(C(=O)O)C(C(=O)O)C1. The minimum Gasteiger partial charge on any atom is -0.481 e. The first-order valence-corrected chi connectivity index (χ1v) is 4.80. The van der Waals surface area contributed by atoms with E-state index in [4.69, 9.17) is 10.2 Å². The van der Waals surface area contributed by atoms with Crippen LogP contribution >= 0.6 is 0 Å². The molecule has 0 saturated heterocycles. The molecule has 0 aromatic heterocycles. The third-order valence-corrected chi connectivity index (χ3v) is 2.67. The number of hydrogen-bond acceptors (Lipinski definition) is 2. The molecule has 1 aliphatic rings. The van der Waals surface area contributed by atoms with Gasteiger partial charge in [0.1, 0.15) is 0 Å². The standard InChI is InChI=1S/C11H14O4/c1-2-3-7-4-5-8(10(12)13)9(6-7)11(14)15/h2,4,8-9H,1,3,5-6H2,(H,12,13)(H,14,15). The molecule has 2 atom stereocenters. The summed E-state index contributed by atoms with van der Waals surface area (Å²) >= 11 is 0. The van der Waals surface area contributed by atoms with Crippen LogP contribution in [0.1, 0.15) is 19.3 Å². The zero-order chi connectivity index (χ0) is 11.4. The molecule has 0 heterocycles. The number of aliphatic carboxylic acids is 2. The van der Waals surface area contributed by atoms with E-state index < -0.39 is 23.8 Å². The highest BCUT2D eigenvalue weighted by Gasteiger charge is 2.35. The molecule has 4 nitrogen and oxygen atoms in total. The molecule has 0 radical (unpaired) electrons. The van der Waals surface area contributed by atoms with E-state index in [0.717, 1.165) is 5.57 Å². The van der Waals surface area contributed by atoms with E-state index in [1.54, 1.807) is 6.08 Å². The van der Waals surface area contributed by atoms with E-state index in [9.17, 15) is 9.59 Å². The molecular weight excluding hydrogens is 196 g/mol. The molecule has 0 spiro atoms. The molecule has 0 fully saturated rings. The van der Waals surface area contributed by atoms with Crippen LogP contribution < -0.4 is 0 Å². The zero-order valence-electron chi connectivity index (χ0n) is 8.35. The van der Waals surface area contributed by atoms with Gasteiger partial charge in [0.15, 0.2) is 0 Å². The summed E-state index contributed by atoms with van der Waals surface area (Å²) in [6.07, 6.45) is 4.77. The molecule has 1 rings (SSSR count). The van der Waals surface area contributed by atoms with Crippen LogP contribution in [0.15, 0.2) is 24.3 Å². The largest absolute Gasteiger partial charge is 0.481 e. The number of carboxylic acids is 2. The van der Waals surface area contributed by atoms with E-state index in [1.165, 1.54) is 0 Å². The number of hydrogen-bond donors (Lipinski definition) is 2. The first-order valence-electron chi connectivity index (χ1n) is 4.80. The van der Waals surface area contributed by atoms with Crippen molar-refractivity contribution in [3.63, 3.8) is 0 Å². The van der Waals surface area contributed by atoms with Gasteiger partial charge in [0.05, 0.1) is 11.8 Å². The smallest absolute Gasteiger partial charge is 0.307 e. The van der Waals surface area contributed by atoms with Gasteiger partial charge in [-0.1, -0.05) is 17.7 Å². The van der Waals surface area contributed by atoms with Gasteiger partial charge in [-0.15, -0.1) is 6.58 Å². The van der Waals surface area contributed by atoms with Crippen molar-refractivity contribution in [1.29, 1.82) is 0 Å². The van der Waals surface area contributed by atoms with Gasteiger partial charge >= 0.3 is 11.9 Å². The van der Waals surface area contributed by atoms with E-state index in [0.29, 0.717) is 19.3 Å². The summed E-state index contributed by atoms with van der Waals surface area (Å²) in [5.74, 6) is -3.66. The highest BCUT2D eigenvalue weighted by atomic mass is 16.4. The van der Waals surface area contributed by atoms with Gasteiger partial charge in [0.25, 0.3) is 0 Å². The summed E-state index contributed by atoms with van der Waals surface area (Å²) < 4.78 is 0. The van der Waals surface area contributed by atoms with Crippen molar-refractivity contribution in [2.45, 2.75) is 19.3 Å². The Bertz CT molecular complexity index is 317. The Morgan fingerprint density at radius 3 is 2.47 bits per heavy atom. The lowest BCUT2D eigenvalue weighted by Crippen LogP contribution is -2.32. The summed E-state index contributed by atoms with van der Waals surface area (Å²) in [6, 6.07) is 0. The second-order valence-corrected chi connectivity index (χ2v) is 3.68. The quantitative estimate of drug-likeness (QED) is 0.692. The molecule has 4 heteroatoms. The van der Waals surface area contributed by atoms with Crippen molar-refractivity contribution in [2.24, 2.45) is 11.8 Å². The molecule has 15 heavy (non-hydrogen) atoms. The monoisotopic (exact) mass is 210 g/mol. The van der Waals surface area contributed by atoms with Gasteiger partial charge in [-0.3, -0.25) is 9.59 Å². The summed E-state index contributed by atoms with van der Waals surface area (Å²) in [6.45, 7) is 3.57. The Balaban J connectivity index is 2.82. The van der Waals surface area contributed by atoms with Gasteiger partial charge < -0.3 is 10.2 Å². The molecule has 0 amide bonds. The van der Waals surface area contributed by atoms with Crippen molar-refractivity contribution in [2.75, 3.05) is 0 Å². The Hall–Kier alpha value is -1.58. The highest BCUT2D eigenvalue weighted by molar-refractivity contribution is 5.80. The Kier molecular flexibility index (Phi) is 3.66. The predicted molar refractivity (Wildman–Crippen MR) is 54.4 cm³/mol. The van der Waals surface area contributed by atoms with Gasteiger partial charge in [-0.2, -0.15) is 0 Å². The summed E-state index contributed by atoms with van der Waals surface area (Å²) in [5, 5.41) is 17.8. The number of allylic oxidation sites excluding steroid dienone is 3. The fourth-order valence-corrected chi connectivity index (χ4v) is 1.85. The first kappa shape index (κ1) is 11.5. The van der Waals surface area contributed by atoms with Crippen molar-refractivity contribution in [1.82, 2.24) is 0 Å². The summed E-state index contributed by atoms with van der Waals surface area (Å²) in [5.41, 5.74) is 0.968. The lowest BCUT2D eigenvalue weighted by molar-refractivity contribution is -0.153. The predicted octanol–water partition coefficient (Wildman–Crippen LogP) is 1.68. The summed E-state index contributed by atoms with van der Waals surface area (Å²) in [7, 11) is 0. The highest BCUT2D eigenvalue weighted by Crippen LogP contribution is 2.31. The van der Waals surface area contributed by atoms with Crippen LogP contribution in [0.4, 0.5) is 0 Å². The van der Waals surface area contributed by atoms with Crippen LogP contribution in [0.3, 0.4) is 0 Å². The van der Waals surface area contributed by atoms with Crippen LogP contribution in [0.5, 0.6) is 0 Å². The topological polar surface area (TPSA) is 74.6 Å². The molecule has 82 valence electrons. The minimum absolute atomic E-state index is 0.301. The molecule has 0 saturated carbocycles. The molecular formula is C11H14O4. The Labute approximate surface area is 87.9 Å². The van der Waals surface area contributed by atoms with Crippen molar-refractivity contribution >= 4 is 11.9 Å². The molecule has 0 aliphatic heterocycles. The molecule has 2 N–H and O–H groups in total. The van der Waals surface area contributed by atoms with Crippen molar-refractivity contribution in [3.05, 3.63) is 24.3 Å². The average molecular weight is 210 g/mol. The lowest BCUT2D eigenvalue weighted by Gasteiger charge is -2.25. The number of carboxylic acid groups (broad SMARTS) is 2. The van der Waals surface area contributed by atoms with Gasteiger partial charge in [0, 0.05) is 0 Å². The third-order valence-electron chi connectivity index (χ3n) is 2.67. The van der Waals surface area contributed by atoms with Gasteiger partial charge in [-0.05, 0) is 19.3 Å². The number of carbonyl (C=O) groups is 2. The normalized spacial score (nSPS) is 25.5.